The van der Waals surface area contributed by atoms with Gasteiger partial charge < -0.3 is 10.5 Å². The Balaban J connectivity index is 2.07. The number of nitrogens with two attached hydrogens (primary N) is 1. The van der Waals surface area contributed by atoms with Gasteiger partial charge in [0.25, 0.3) is 0 Å². The fourth-order valence-electron chi connectivity index (χ4n) is 2.15. The van der Waals surface area contributed by atoms with Gasteiger partial charge in [-0.2, -0.15) is 0 Å². The molecule has 1 aliphatic rings. The van der Waals surface area contributed by atoms with Crippen molar-refractivity contribution >= 4 is 11.8 Å². The second-order valence-electron chi connectivity index (χ2n) is 4.26. The molecular weight excluding hydrogens is 218 g/mol. The van der Waals surface area contributed by atoms with Gasteiger partial charge in [0.1, 0.15) is 5.75 Å². The van der Waals surface area contributed by atoms with Gasteiger partial charge in [-0.15, -0.1) is 11.8 Å². The fourth-order valence-corrected chi connectivity index (χ4v) is 3.50. The second-order valence-corrected chi connectivity index (χ2v) is 5.54. The molecule has 0 bridgehead atoms. The maximum atomic E-state index is 6.16. The molecule has 0 saturated heterocycles. The Morgan fingerprint density at radius 2 is 2.00 bits per heavy atom. The Kier molecular flexibility index (Phi) is 4.13. The lowest BCUT2D eigenvalue weighted by molar-refractivity contribution is 0.404. The molecule has 1 aromatic rings. The van der Waals surface area contributed by atoms with Crippen LogP contribution >= 0.6 is 11.8 Å². The highest BCUT2D eigenvalue weighted by molar-refractivity contribution is 8.00. The van der Waals surface area contributed by atoms with Crippen LogP contribution in [0.25, 0.3) is 0 Å². The van der Waals surface area contributed by atoms with E-state index in [0.29, 0.717) is 11.3 Å². The van der Waals surface area contributed by atoms with Crippen LogP contribution in [0.5, 0.6) is 5.75 Å². The standard InChI is InChI=1S/C13H19NOS/c1-15-11-7-3-5-9-13(11)16-12-8-4-2-6-10(12)14/h3,5,7,9-10,12H,2,4,6,8,14H2,1H3. The van der Waals surface area contributed by atoms with Gasteiger partial charge in [0, 0.05) is 16.2 Å². The highest BCUT2D eigenvalue weighted by atomic mass is 32.2. The van der Waals surface area contributed by atoms with Crippen LogP contribution < -0.4 is 10.5 Å². The molecule has 2 N–H and O–H groups in total. The molecule has 0 heterocycles. The monoisotopic (exact) mass is 237 g/mol. The van der Waals surface area contributed by atoms with Crippen LogP contribution in [0, 0.1) is 0 Å². The first-order valence-corrected chi connectivity index (χ1v) is 6.74. The fraction of sp³-hybridized carbons (Fsp3) is 0.538. The summed E-state index contributed by atoms with van der Waals surface area (Å²) < 4.78 is 5.36. The zero-order chi connectivity index (χ0) is 11.4. The van der Waals surface area contributed by atoms with Crippen molar-refractivity contribution in [2.24, 2.45) is 5.73 Å². The van der Waals surface area contributed by atoms with Crippen molar-refractivity contribution in [2.45, 2.75) is 41.9 Å². The van der Waals surface area contributed by atoms with Gasteiger partial charge >= 0.3 is 0 Å². The second kappa shape index (κ2) is 5.60. The van der Waals surface area contributed by atoms with Gasteiger partial charge in [-0.3, -0.25) is 0 Å². The number of benzene rings is 1. The van der Waals surface area contributed by atoms with E-state index in [-0.39, 0.29) is 0 Å². The first-order valence-electron chi connectivity index (χ1n) is 5.86. The topological polar surface area (TPSA) is 35.2 Å². The molecule has 1 aromatic carbocycles. The van der Waals surface area contributed by atoms with Crippen molar-refractivity contribution in [3.05, 3.63) is 24.3 Å². The molecule has 1 fully saturated rings. The predicted octanol–water partition coefficient (Wildman–Crippen LogP) is 3.06. The molecule has 3 heteroatoms. The van der Waals surface area contributed by atoms with E-state index in [9.17, 15) is 0 Å². The predicted molar refractivity (Wildman–Crippen MR) is 69.1 cm³/mol. The number of methoxy groups -OCH3 is 1. The minimum absolute atomic E-state index is 0.337. The Labute approximate surface area is 102 Å². The van der Waals surface area contributed by atoms with Gasteiger partial charge in [-0.1, -0.05) is 25.0 Å². The summed E-state index contributed by atoms with van der Waals surface area (Å²) in [5.74, 6) is 0.963. The molecule has 0 aliphatic heterocycles. The molecule has 0 amide bonds. The van der Waals surface area contributed by atoms with Crippen LogP contribution in [0.3, 0.4) is 0 Å². The lowest BCUT2D eigenvalue weighted by Gasteiger charge is -2.28. The zero-order valence-corrected chi connectivity index (χ0v) is 10.5. The molecule has 2 nitrogen and oxygen atoms in total. The van der Waals surface area contributed by atoms with Crippen molar-refractivity contribution in [3.8, 4) is 5.75 Å². The average molecular weight is 237 g/mol. The van der Waals surface area contributed by atoms with E-state index in [1.165, 1.54) is 24.2 Å². The summed E-state index contributed by atoms with van der Waals surface area (Å²) in [6.45, 7) is 0. The highest BCUT2D eigenvalue weighted by Crippen LogP contribution is 2.37. The maximum absolute atomic E-state index is 6.16. The smallest absolute Gasteiger partial charge is 0.132 e. The van der Waals surface area contributed by atoms with Crippen LogP contribution in [0.15, 0.2) is 29.2 Å². The lowest BCUT2D eigenvalue weighted by Crippen LogP contribution is -2.35. The number of hydrogen-bond donors (Lipinski definition) is 1. The molecular formula is C13H19NOS. The Hall–Kier alpha value is -0.670. The summed E-state index contributed by atoms with van der Waals surface area (Å²) in [5, 5.41) is 0.546. The summed E-state index contributed by atoms with van der Waals surface area (Å²) in [6.07, 6.45) is 4.97. The third-order valence-corrected chi connectivity index (χ3v) is 4.58. The van der Waals surface area contributed by atoms with Gasteiger partial charge in [0.15, 0.2) is 0 Å². The van der Waals surface area contributed by atoms with E-state index in [1.807, 2.05) is 23.9 Å². The van der Waals surface area contributed by atoms with E-state index >= 15 is 0 Å². The first kappa shape index (κ1) is 11.8. The molecule has 1 aliphatic carbocycles. The zero-order valence-electron chi connectivity index (χ0n) is 9.69. The van der Waals surface area contributed by atoms with Crippen LogP contribution in [0.2, 0.25) is 0 Å². The minimum Gasteiger partial charge on any atom is -0.496 e. The van der Waals surface area contributed by atoms with Crippen molar-refractivity contribution in [3.63, 3.8) is 0 Å². The molecule has 16 heavy (non-hydrogen) atoms. The average Bonchev–Trinajstić information content (AvgIpc) is 2.33. The van der Waals surface area contributed by atoms with E-state index < -0.39 is 0 Å². The number of hydrogen-bond acceptors (Lipinski definition) is 3. The van der Waals surface area contributed by atoms with E-state index in [2.05, 4.69) is 12.1 Å². The molecule has 2 atom stereocenters. The Bertz CT molecular complexity index is 342. The van der Waals surface area contributed by atoms with Crippen molar-refractivity contribution in [1.82, 2.24) is 0 Å². The van der Waals surface area contributed by atoms with Crippen molar-refractivity contribution in [1.29, 1.82) is 0 Å². The van der Waals surface area contributed by atoms with E-state index in [0.717, 1.165) is 12.2 Å². The molecule has 0 spiro atoms. The number of para-hydroxylation sites is 1. The van der Waals surface area contributed by atoms with Crippen LogP contribution in [-0.4, -0.2) is 18.4 Å². The van der Waals surface area contributed by atoms with Crippen molar-refractivity contribution in [2.75, 3.05) is 7.11 Å². The lowest BCUT2D eigenvalue weighted by atomic mass is 9.96. The summed E-state index contributed by atoms with van der Waals surface area (Å²) >= 11 is 1.87. The summed E-state index contributed by atoms with van der Waals surface area (Å²) in [7, 11) is 1.72. The van der Waals surface area contributed by atoms with Crippen LogP contribution in [0.1, 0.15) is 25.7 Å². The van der Waals surface area contributed by atoms with E-state index in [4.69, 9.17) is 10.5 Å². The molecule has 2 unspecified atom stereocenters. The van der Waals surface area contributed by atoms with Crippen molar-refractivity contribution < 1.29 is 4.74 Å². The largest absolute Gasteiger partial charge is 0.496 e. The Morgan fingerprint density at radius 3 is 2.75 bits per heavy atom. The SMILES string of the molecule is COc1ccccc1SC1CCCCC1N. The number of rotatable bonds is 3. The molecule has 88 valence electrons. The third-order valence-electron chi connectivity index (χ3n) is 3.10. The summed E-state index contributed by atoms with van der Waals surface area (Å²) in [5.41, 5.74) is 6.16. The van der Waals surface area contributed by atoms with Crippen LogP contribution in [0.4, 0.5) is 0 Å². The van der Waals surface area contributed by atoms with E-state index in [1.54, 1.807) is 7.11 Å². The van der Waals surface area contributed by atoms with Gasteiger partial charge in [-0.05, 0) is 25.0 Å². The first-order chi connectivity index (χ1) is 7.81. The maximum Gasteiger partial charge on any atom is 0.132 e. The van der Waals surface area contributed by atoms with Crippen LogP contribution in [-0.2, 0) is 0 Å². The third kappa shape index (κ3) is 2.71. The molecule has 0 radical (unpaired) electrons. The molecule has 0 aromatic heterocycles. The number of thioether (sulfide) groups is 1. The Morgan fingerprint density at radius 1 is 1.25 bits per heavy atom. The minimum atomic E-state index is 0.337. The quantitative estimate of drug-likeness (QED) is 0.877. The van der Waals surface area contributed by atoms with Gasteiger partial charge in [-0.25, -0.2) is 0 Å². The molecule has 2 rings (SSSR count). The van der Waals surface area contributed by atoms with Gasteiger partial charge in [0.2, 0.25) is 0 Å². The summed E-state index contributed by atoms with van der Waals surface area (Å²) in [4.78, 5) is 1.22. The normalized spacial score (nSPS) is 25.4. The highest BCUT2D eigenvalue weighted by Gasteiger charge is 2.23. The van der Waals surface area contributed by atoms with Gasteiger partial charge in [0.05, 0.1) is 7.11 Å². The summed E-state index contributed by atoms with van der Waals surface area (Å²) in [6, 6.07) is 8.52. The molecule has 1 saturated carbocycles. The number of ether oxygens (including phenoxy) is 1.